The predicted molar refractivity (Wildman–Crippen MR) is 96.3 cm³/mol. The SMILES string of the molecule is C[C@@H](Sc1nnc(C2CC2)n1C)C(=O)NCC(=O)Nc1ccc(F)c(F)c1F. The first-order chi connectivity index (χ1) is 13.3. The lowest BCUT2D eigenvalue weighted by atomic mass is 10.2. The maximum atomic E-state index is 13.6. The summed E-state index contributed by atoms with van der Waals surface area (Å²) in [7, 11) is 1.84. The highest BCUT2D eigenvalue weighted by Gasteiger charge is 2.30. The Morgan fingerprint density at radius 3 is 2.64 bits per heavy atom. The van der Waals surface area contributed by atoms with Crippen molar-refractivity contribution in [2.75, 3.05) is 11.9 Å². The first-order valence-corrected chi connectivity index (χ1v) is 9.43. The number of anilines is 1. The van der Waals surface area contributed by atoms with Crippen LogP contribution in [-0.2, 0) is 16.6 Å². The summed E-state index contributed by atoms with van der Waals surface area (Å²) in [5.74, 6) is -4.42. The van der Waals surface area contributed by atoms with Crippen LogP contribution in [0.3, 0.4) is 0 Å². The van der Waals surface area contributed by atoms with Crippen molar-refractivity contribution in [2.24, 2.45) is 7.05 Å². The zero-order valence-electron chi connectivity index (χ0n) is 15.1. The highest BCUT2D eigenvalue weighted by atomic mass is 32.2. The number of benzene rings is 1. The minimum Gasteiger partial charge on any atom is -0.346 e. The lowest BCUT2D eigenvalue weighted by molar-refractivity contribution is -0.123. The molecule has 1 saturated carbocycles. The molecule has 7 nitrogen and oxygen atoms in total. The van der Waals surface area contributed by atoms with E-state index in [1.807, 2.05) is 11.6 Å². The van der Waals surface area contributed by atoms with Crippen molar-refractivity contribution in [1.82, 2.24) is 20.1 Å². The molecule has 1 aliphatic rings. The van der Waals surface area contributed by atoms with Crippen LogP contribution in [0.5, 0.6) is 0 Å². The van der Waals surface area contributed by atoms with Crippen LogP contribution in [0.4, 0.5) is 18.9 Å². The second-order valence-corrected chi connectivity index (χ2v) is 7.73. The van der Waals surface area contributed by atoms with Crippen molar-refractivity contribution in [3.63, 3.8) is 0 Å². The Morgan fingerprint density at radius 1 is 1.25 bits per heavy atom. The molecule has 0 unspecified atom stereocenters. The number of hydrogen-bond acceptors (Lipinski definition) is 5. The summed E-state index contributed by atoms with van der Waals surface area (Å²) in [6.07, 6.45) is 2.17. The molecule has 28 heavy (non-hydrogen) atoms. The van der Waals surface area contributed by atoms with Gasteiger partial charge in [-0.05, 0) is 31.9 Å². The number of aromatic nitrogens is 3. The molecule has 1 atom stereocenters. The molecule has 2 amide bonds. The summed E-state index contributed by atoms with van der Waals surface area (Å²) in [6.45, 7) is 1.20. The van der Waals surface area contributed by atoms with Gasteiger partial charge in [-0.2, -0.15) is 0 Å². The number of nitrogens with one attached hydrogen (secondary N) is 2. The molecule has 1 aromatic heterocycles. The van der Waals surface area contributed by atoms with Gasteiger partial charge in [0.1, 0.15) is 5.82 Å². The van der Waals surface area contributed by atoms with Gasteiger partial charge in [-0.25, -0.2) is 13.2 Å². The Morgan fingerprint density at radius 2 is 1.96 bits per heavy atom. The lowest BCUT2D eigenvalue weighted by Crippen LogP contribution is -2.37. The predicted octanol–water partition coefficient (Wildman–Crippen LogP) is 2.35. The monoisotopic (exact) mass is 413 g/mol. The molecule has 3 rings (SSSR count). The van der Waals surface area contributed by atoms with E-state index in [-0.39, 0.29) is 0 Å². The van der Waals surface area contributed by atoms with Gasteiger partial charge in [0.05, 0.1) is 17.5 Å². The molecule has 11 heteroatoms. The number of carbonyl (C=O) groups excluding carboxylic acids is 2. The molecule has 1 aromatic carbocycles. The maximum Gasteiger partial charge on any atom is 0.243 e. The molecule has 0 aliphatic heterocycles. The Balaban J connectivity index is 1.50. The van der Waals surface area contributed by atoms with Crippen LogP contribution in [0.2, 0.25) is 0 Å². The van der Waals surface area contributed by atoms with Crippen molar-refractivity contribution in [1.29, 1.82) is 0 Å². The van der Waals surface area contributed by atoms with Gasteiger partial charge >= 0.3 is 0 Å². The fourth-order valence-corrected chi connectivity index (χ4v) is 3.31. The molecule has 150 valence electrons. The molecule has 0 bridgehead atoms. The Bertz CT molecular complexity index is 916. The van der Waals surface area contributed by atoms with Crippen molar-refractivity contribution in [3.8, 4) is 0 Å². The van der Waals surface area contributed by atoms with Crippen LogP contribution >= 0.6 is 11.8 Å². The summed E-state index contributed by atoms with van der Waals surface area (Å²) >= 11 is 1.20. The molecule has 0 saturated heterocycles. The largest absolute Gasteiger partial charge is 0.346 e. The molecular weight excluding hydrogens is 395 g/mol. The number of halogens is 3. The van der Waals surface area contributed by atoms with E-state index in [0.29, 0.717) is 17.1 Å². The van der Waals surface area contributed by atoms with Crippen molar-refractivity contribution < 1.29 is 22.8 Å². The molecular formula is C17H18F3N5O2S. The van der Waals surface area contributed by atoms with Crippen molar-refractivity contribution in [2.45, 2.75) is 36.1 Å². The van der Waals surface area contributed by atoms with Gasteiger partial charge < -0.3 is 15.2 Å². The van der Waals surface area contributed by atoms with Crippen LogP contribution in [0.1, 0.15) is 31.5 Å². The Labute approximate surface area is 163 Å². The third kappa shape index (κ3) is 4.46. The summed E-state index contributed by atoms with van der Waals surface area (Å²) in [5, 5.41) is 12.8. The van der Waals surface area contributed by atoms with Crippen LogP contribution < -0.4 is 10.6 Å². The third-order valence-electron chi connectivity index (χ3n) is 4.19. The fourth-order valence-electron chi connectivity index (χ4n) is 2.47. The van der Waals surface area contributed by atoms with E-state index < -0.39 is 46.7 Å². The first kappa shape index (κ1) is 20.2. The summed E-state index contributed by atoms with van der Waals surface area (Å²) in [6, 6.07) is 1.60. The van der Waals surface area contributed by atoms with Gasteiger partial charge in [-0.1, -0.05) is 11.8 Å². The van der Waals surface area contributed by atoms with Crippen molar-refractivity contribution in [3.05, 3.63) is 35.4 Å². The van der Waals surface area contributed by atoms with E-state index in [4.69, 9.17) is 0 Å². The normalized spacial score (nSPS) is 14.6. The summed E-state index contributed by atoms with van der Waals surface area (Å²) < 4.78 is 41.5. The summed E-state index contributed by atoms with van der Waals surface area (Å²) in [5.41, 5.74) is -0.507. The van der Waals surface area contributed by atoms with Crippen LogP contribution in [0.15, 0.2) is 17.3 Å². The maximum absolute atomic E-state index is 13.6. The highest BCUT2D eigenvalue weighted by molar-refractivity contribution is 8.00. The molecule has 1 heterocycles. The second-order valence-electron chi connectivity index (χ2n) is 6.42. The van der Waals surface area contributed by atoms with Crippen molar-refractivity contribution >= 4 is 29.3 Å². The molecule has 2 aromatic rings. The number of carbonyl (C=O) groups is 2. The number of rotatable bonds is 7. The highest BCUT2D eigenvalue weighted by Crippen LogP contribution is 2.39. The number of hydrogen-bond donors (Lipinski definition) is 2. The van der Waals surface area contributed by atoms with Crippen LogP contribution in [0, 0.1) is 17.5 Å². The zero-order chi connectivity index (χ0) is 20.4. The van der Waals surface area contributed by atoms with Crippen LogP contribution in [-0.4, -0.2) is 38.4 Å². The molecule has 0 spiro atoms. The average molecular weight is 413 g/mol. The Hall–Kier alpha value is -2.56. The summed E-state index contributed by atoms with van der Waals surface area (Å²) in [4.78, 5) is 24.0. The number of amides is 2. The quantitative estimate of drug-likeness (QED) is 0.537. The minimum absolute atomic E-state index is 0.427. The zero-order valence-corrected chi connectivity index (χ0v) is 15.9. The van der Waals surface area contributed by atoms with Gasteiger partial charge in [-0.15, -0.1) is 10.2 Å². The van der Waals surface area contributed by atoms with Gasteiger partial charge in [-0.3, -0.25) is 9.59 Å². The van der Waals surface area contributed by atoms with Gasteiger partial charge in [0.2, 0.25) is 11.8 Å². The van der Waals surface area contributed by atoms with Gasteiger partial charge in [0.15, 0.2) is 22.6 Å². The third-order valence-corrected chi connectivity index (χ3v) is 5.33. The number of thioether (sulfide) groups is 1. The standard InChI is InChI=1S/C17H18F3N5O2S/c1-8(28-17-24-23-15(25(17)2)9-3-4-9)16(27)21-7-12(26)22-11-6-5-10(18)13(19)14(11)20/h5-6,8-9H,3-4,7H2,1-2H3,(H,21,27)(H,22,26)/t8-/m1/s1. The van der Waals surface area contributed by atoms with E-state index in [0.717, 1.165) is 24.7 Å². The minimum atomic E-state index is -1.68. The lowest BCUT2D eigenvalue weighted by Gasteiger charge is -2.12. The fraction of sp³-hybridized carbons (Fsp3) is 0.412. The van der Waals surface area contributed by atoms with E-state index in [2.05, 4.69) is 20.8 Å². The smallest absolute Gasteiger partial charge is 0.243 e. The molecule has 1 aliphatic carbocycles. The van der Waals surface area contributed by atoms with Gasteiger partial charge in [0, 0.05) is 13.0 Å². The van der Waals surface area contributed by atoms with E-state index in [1.54, 1.807) is 6.92 Å². The van der Waals surface area contributed by atoms with Gasteiger partial charge in [0.25, 0.3) is 0 Å². The first-order valence-electron chi connectivity index (χ1n) is 8.55. The van der Waals surface area contributed by atoms with Crippen LogP contribution in [0.25, 0.3) is 0 Å². The number of nitrogens with zero attached hydrogens (tertiary/aromatic N) is 3. The molecule has 1 fully saturated rings. The second kappa shape index (κ2) is 8.21. The molecule has 2 N–H and O–H groups in total. The Kier molecular flexibility index (Phi) is 5.92. The van der Waals surface area contributed by atoms with E-state index >= 15 is 0 Å². The van der Waals surface area contributed by atoms with E-state index in [1.165, 1.54) is 11.8 Å². The molecule has 0 radical (unpaired) electrons. The average Bonchev–Trinajstić information content (AvgIpc) is 3.44. The van der Waals surface area contributed by atoms with E-state index in [9.17, 15) is 22.8 Å². The topological polar surface area (TPSA) is 88.9 Å².